The van der Waals surface area contributed by atoms with Gasteiger partial charge in [-0.2, -0.15) is 11.8 Å². The van der Waals surface area contributed by atoms with Gasteiger partial charge in [-0.25, -0.2) is 0 Å². The summed E-state index contributed by atoms with van der Waals surface area (Å²) in [6.45, 7) is 0.436. The molecule has 0 aliphatic carbocycles. The molecule has 0 fully saturated rings. The average molecular weight is 306 g/mol. The molecule has 0 saturated carbocycles. The number of halogens is 1. The van der Waals surface area contributed by atoms with Crippen molar-refractivity contribution in [2.45, 2.75) is 12.3 Å². The van der Waals surface area contributed by atoms with Crippen LogP contribution in [-0.2, 0) is 12.3 Å². The molecule has 0 bridgehead atoms. The van der Waals surface area contributed by atoms with Crippen LogP contribution in [0, 0.1) is 0 Å². The van der Waals surface area contributed by atoms with E-state index in [9.17, 15) is 4.79 Å². The first-order valence-electron chi connectivity index (χ1n) is 6.30. The van der Waals surface area contributed by atoms with E-state index in [-0.39, 0.29) is 5.91 Å². The van der Waals surface area contributed by atoms with Crippen molar-refractivity contribution in [1.82, 2.24) is 5.32 Å². The summed E-state index contributed by atoms with van der Waals surface area (Å²) >= 11 is 7.80. The van der Waals surface area contributed by atoms with Crippen LogP contribution in [-0.4, -0.2) is 12.2 Å². The lowest BCUT2D eigenvalue weighted by Gasteiger charge is -2.08. The van der Waals surface area contributed by atoms with Gasteiger partial charge in [0, 0.05) is 22.9 Å². The number of amides is 1. The van der Waals surface area contributed by atoms with E-state index in [4.69, 9.17) is 11.6 Å². The molecule has 0 aliphatic rings. The molecule has 0 atom stereocenters. The summed E-state index contributed by atoms with van der Waals surface area (Å²) in [6.07, 6.45) is 2.05. The molecule has 0 spiro atoms. The van der Waals surface area contributed by atoms with Gasteiger partial charge >= 0.3 is 0 Å². The summed E-state index contributed by atoms with van der Waals surface area (Å²) in [5.74, 6) is 0.832. The van der Waals surface area contributed by atoms with Crippen molar-refractivity contribution in [2.24, 2.45) is 0 Å². The smallest absolute Gasteiger partial charge is 0.251 e. The Morgan fingerprint density at radius 2 is 2.00 bits per heavy atom. The highest BCUT2D eigenvalue weighted by atomic mass is 35.5. The van der Waals surface area contributed by atoms with E-state index in [0.29, 0.717) is 17.1 Å². The molecule has 1 amide bonds. The van der Waals surface area contributed by atoms with Gasteiger partial charge in [0.2, 0.25) is 0 Å². The van der Waals surface area contributed by atoms with Crippen molar-refractivity contribution in [3.05, 3.63) is 70.2 Å². The molecular formula is C16H16ClNOS. The summed E-state index contributed by atoms with van der Waals surface area (Å²) in [4.78, 5) is 12.1. The van der Waals surface area contributed by atoms with Gasteiger partial charge in [0.25, 0.3) is 5.91 Å². The van der Waals surface area contributed by atoms with Gasteiger partial charge < -0.3 is 5.32 Å². The highest BCUT2D eigenvalue weighted by molar-refractivity contribution is 7.97. The second kappa shape index (κ2) is 7.36. The van der Waals surface area contributed by atoms with Crippen LogP contribution in [0.15, 0.2) is 48.5 Å². The number of carbonyl (C=O) groups excluding carboxylic acids is 1. The van der Waals surface area contributed by atoms with Crippen LogP contribution >= 0.6 is 23.4 Å². The molecule has 0 aromatic heterocycles. The summed E-state index contributed by atoms with van der Waals surface area (Å²) < 4.78 is 0. The minimum absolute atomic E-state index is 0.0760. The maximum absolute atomic E-state index is 12.1. The van der Waals surface area contributed by atoms with E-state index < -0.39 is 0 Å². The Balaban J connectivity index is 2.01. The Bertz CT molecular complexity index is 601. The third-order valence-corrected chi connectivity index (χ3v) is 3.89. The third kappa shape index (κ3) is 4.02. The fourth-order valence-electron chi connectivity index (χ4n) is 1.89. The van der Waals surface area contributed by atoms with Crippen molar-refractivity contribution in [3.8, 4) is 0 Å². The lowest BCUT2D eigenvalue weighted by atomic mass is 10.1. The zero-order chi connectivity index (χ0) is 14.4. The Morgan fingerprint density at radius 3 is 2.75 bits per heavy atom. The zero-order valence-electron chi connectivity index (χ0n) is 11.2. The number of benzene rings is 2. The van der Waals surface area contributed by atoms with Crippen LogP contribution in [0.25, 0.3) is 0 Å². The number of hydrogen-bond acceptors (Lipinski definition) is 2. The monoisotopic (exact) mass is 305 g/mol. The quantitative estimate of drug-likeness (QED) is 0.900. The molecule has 104 valence electrons. The maximum atomic E-state index is 12.1. The molecule has 0 radical (unpaired) electrons. The molecule has 0 unspecified atom stereocenters. The van der Waals surface area contributed by atoms with Crippen LogP contribution in [0.5, 0.6) is 0 Å². The Labute approximate surface area is 128 Å². The average Bonchev–Trinajstić information content (AvgIpc) is 2.47. The summed E-state index contributed by atoms with van der Waals surface area (Å²) in [7, 11) is 0. The van der Waals surface area contributed by atoms with Gasteiger partial charge in [-0.1, -0.05) is 41.9 Å². The minimum atomic E-state index is -0.0760. The molecule has 20 heavy (non-hydrogen) atoms. The summed E-state index contributed by atoms with van der Waals surface area (Å²) in [5, 5.41) is 3.57. The van der Waals surface area contributed by atoms with Crippen molar-refractivity contribution in [1.29, 1.82) is 0 Å². The molecule has 4 heteroatoms. The molecule has 2 aromatic rings. The summed E-state index contributed by atoms with van der Waals surface area (Å²) in [6, 6.07) is 15.2. The van der Waals surface area contributed by atoms with E-state index in [1.54, 1.807) is 11.8 Å². The van der Waals surface area contributed by atoms with Crippen LogP contribution < -0.4 is 5.32 Å². The van der Waals surface area contributed by atoms with E-state index in [2.05, 4.69) is 5.32 Å². The second-order valence-electron chi connectivity index (χ2n) is 4.41. The van der Waals surface area contributed by atoms with E-state index in [0.717, 1.165) is 16.9 Å². The van der Waals surface area contributed by atoms with Crippen LogP contribution in [0.2, 0.25) is 5.02 Å². The van der Waals surface area contributed by atoms with Crippen molar-refractivity contribution >= 4 is 29.3 Å². The Kier molecular flexibility index (Phi) is 5.50. The first kappa shape index (κ1) is 14.9. The zero-order valence-corrected chi connectivity index (χ0v) is 12.8. The van der Waals surface area contributed by atoms with Gasteiger partial charge in [-0.3, -0.25) is 4.79 Å². The predicted octanol–water partition coefficient (Wildman–Crippen LogP) is 4.13. The number of thioether (sulfide) groups is 1. The number of nitrogens with one attached hydrogen (secondary N) is 1. The highest BCUT2D eigenvalue weighted by Crippen LogP contribution is 2.15. The molecular weight excluding hydrogens is 290 g/mol. The molecule has 2 nitrogen and oxygen atoms in total. The fourth-order valence-corrected chi connectivity index (χ4v) is 2.60. The maximum Gasteiger partial charge on any atom is 0.251 e. The van der Waals surface area contributed by atoms with Gasteiger partial charge in [-0.05, 0) is 35.6 Å². The third-order valence-electron chi connectivity index (χ3n) is 2.90. The molecule has 2 rings (SSSR count). The molecule has 0 heterocycles. The SMILES string of the molecule is CSCc1cccc(C(=O)NCc2ccccc2Cl)c1. The predicted molar refractivity (Wildman–Crippen MR) is 86.3 cm³/mol. The van der Waals surface area contributed by atoms with Gasteiger partial charge in [0.1, 0.15) is 0 Å². The second-order valence-corrected chi connectivity index (χ2v) is 5.68. The minimum Gasteiger partial charge on any atom is -0.348 e. The lowest BCUT2D eigenvalue weighted by molar-refractivity contribution is 0.0951. The van der Waals surface area contributed by atoms with Crippen LogP contribution in [0.1, 0.15) is 21.5 Å². The highest BCUT2D eigenvalue weighted by Gasteiger charge is 2.07. The topological polar surface area (TPSA) is 29.1 Å². The summed E-state index contributed by atoms with van der Waals surface area (Å²) in [5.41, 5.74) is 2.76. The lowest BCUT2D eigenvalue weighted by Crippen LogP contribution is -2.23. The van der Waals surface area contributed by atoms with E-state index in [1.807, 2.05) is 54.8 Å². The first-order chi connectivity index (χ1) is 9.70. The first-order valence-corrected chi connectivity index (χ1v) is 8.07. The molecule has 0 saturated heterocycles. The normalized spacial score (nSPS) is 10.3. The Hall–Kier alpha value is -1.45. The van der Waals surface area contributed by atoms with E-state index >= 15 is 0 Å². The van der Waals surface area contributed by atoms with Gasteiger partial charge in [0.05, 0.1) is 0 Å². The molecule has 0 aliphatic heterocycles. The van der Waals surface area contributed by atoms with E-state index in [1.165, 1.54) is 0 Å². The molecule has 2 aromatic carbocycles. The van der Waals surface area contributed by atoms with Crippen molar-refractivity contribution in [3.63, 3.8) is 0 Å². The number of rotatable bonds is 5. The fraction of sp³-hybridized carbons (Fsp3) is 0.188. The van der Waals surface area contributed by atoms with Crippen LogP contribution in [0.3, 0.4) is 0 Å². The largest absolute Gasteiger partial charge is 0.348 e. The van der Waals surface area contributed by atoms with Crippen LogP contribution in [0.4, 0.5) is 0 Å². The standard InChI is InChI=1S/C16H16ClNOS/c1-20-11-12-5-4-7-13(9-12)16(19)18-10-14-6-2-3-8-15(14)17/h2-9H,10-11H2,1H3,(H,18,19). The van der Waals surface area contributed by atoms with Crippen molar-refractivity contribution < 1.29 is 4.79 Å². The number of carbonyl (C=O) groups is 1. The number of hydrogen-bond donors (Lipinski definition) is 1. The van der Waals surface area contributed by atoms with Crippen molar-refractivity contribution in [2.75, 3.05) is 6.26 Å². The molecule has 1 N–H and O–H groups in total. The van der Waals surface area contributed by atoms with Gasteiger partial charge in [0.15, 0.2) is 0 Å². The Morgan fingerprint density at radius 1 is 1.20 bits per heavy atom. The van der Waals surface area contributed by atoms with Gasteiger partial charge in [-0.15, -0.1) is 0 Å².